The van der Waals surface area contributed by atoms with E-state index in [2.05, 4.69) is 22.2 Å². The van der Waals surface area contributed by atoms with Gasteiger partial charge in [0.2, 0.25) is 0 Å². The van der Waals surface area contributed by atoms with Crippen LogP contribution in [0.1, 0.15) is 19.8 Å². The summed E-state index contributed by atoms with van der Waals surface area (Å²) in [6.07, 6.45) is 4.07. The molecule has 1 fully saturated rings. The summed E-state index contributed by atoms with van der Waals surface area (Å²) in [5, 5.41) is 3.75. The van der Waals surface area contributed by atoms with Crippen molar-refractivity contribution in [3.8, 4) is 6.01 Å². The maximum absolute atomic E-state index is 5.96. The standard InChI is InChI=1S/C10H14ClN3O/c1-10(3-4-10)6-13-8-7(11)5-12-9(14-8)15-2/h5H,3-4,6H2,1-2H3,(H,12,13,14). The van der Waals surface area contributed by atoms with Crippen LogP contribution in [0.5, 0.6) is 6.01 Å². The maximum atomic E-state index is 5.96. The van der Waals surface area contributed by atoms with Gasteiger partial charge in [-0.25, -0.2) is 4.98 Å². The average molecular weight is 228 g/mol. The van der Waals surface area contributed by atoms with Gasteiger partial charge in [-0.2, -0.15) is 4.98 Å². The van der Waals surface area contributed by atoms with Crippen LogP contribution in [0.15, 0.2) is 6.20 Å². The first-order chi connectivity index (χ1) is 7.13. The molecule has 0 bridgehead atoms. The molecule has 0 aromatic carbocycles. The van der Waals surface area contributed by atoms with Crippen LogP contribution in [0.25, 0.3) is 0 Å². The molecule has 1 heterocycles. The Morgan fingerprint density at radius 1 is 1.60 bits per heavy atom. The first kappa shape index (κ1) is 10.5. The largest absolute Gasteiger partial charge is 0.467 e. The fourth-order valence-corrected chi connectivity index (χ4v) is 1.42. The highest BCUT2D eigenvalue weighted by Crippen LogP contribution is 2.44. The Hall–Kier alpha value is -1.03. The third kappa shape index (κ3) is 2.50. The molecule has 1 aliphatic carbocycles. The second-order valence-electron chi connectivity index (χ2n) is 4.22. The van der Waals surface area contributed by atoms with Gasteiger partial charge in [-0.1, -0.05) is 18.5 Å². The Morgan fingerprint density at radius 3 is 2.93 bits per heavy atom. The lowest BCUT2D eigenvalue weighted by Crippen LogP contribution is -2.13. The maximum Gasteiger partial charge on any atom is 0.318 e. The molecule has 15 heavy (non-hydrogen) atoms. The van der Waals surface area contributed by atoms with Crippen LogP contribution < -0.4 is 10.1 Å². The van der Waals surface area contributed by atoms with Crippen LogP contribution in [0, 0.1) is 5.41 Å². The van der Waals surface area contributed by atoms with E-state index in [0.717, 1.165) is 6.54 Å². The molecule has 0 aliphatic heterocycles. The van der Waals surface area contributed by atoms with Gasteiger partial charge in [0.1, 0.15) is 5.02 Å². The van der Waals surface area contributed by atoms with Crippen molar-refractivity contribution in [3.63, 3.8) is 0 Å². The number of nitrogens with one attached hydrogen (secondary N) is 1. The first-order valence-electron chi connectivity index (χ1n) is 4.93. The zero-order valence-electron chi connectivity index (χ0n) is 8.88. The Labute approximate surface area is 94.0 Å². The Bertz CT molecular complexity index is 366. The molecule has 0 radical (unpaired) electrons. The van der Waals surface area contributed by atoms with Gasteiger partial charge < -0.3 is 10.1 Å². The molecule has 82 valence electrons. The van der Waals surface area contributed by atoms with Gasteiger partial charge in [-0.15, -0.1) is 0 Å². The van der Waals surface area contributed by atoms with E-state index in [0.29, 0.717) is 22.3 Å². The van der Waals surface area contributed by atoms with Gasteiger partial charge in [0.15, 0.2) is 5.82 Å². The van der Waals surface area contributed by atoms with Crippen molar-refractivity contribution in [3.05, 3.63) is 11.2 Å². The first-order valence-corrected chi connectivity index (χ1v) is 5.31. The van der Waals surface area contributed by atoms with Crippen molar-refractivity contribution in [1.82, 2.24) is 9.97 Å². The minimum absolute atomic E-state index is 0.336. The third-order valence-electron chi connectivity index (χ3n) is 2.69. The van der Waals surface area contributed by atoms with E-state index >= 15 is 0 Å². The number of ether oxygens (including phenoxy) is 1. The molecule has 0 spiro atoms. The number of nitrogens with zero attached hydrogens (tertiary/aromatic N) is 2. The predicted octanol–water partition coefficient (Wildman–Crippen LogP) is 2.35. The highest BCUT2D eigenvalue weighted by molar-refractivity contribution is 6.32. The highest BCUT2D eigenvalue weighted by atomic mass is 35.5. The summed E-state index contributed by atoms with van der Waals surface area (Å²) in [5.74, 6) is 0.650. The lowest BCUT2D eigenvalue weighted by atomic mass is 10.1. The van der Waals surface area contributed by atoms with Gasteiger partial charge in [0.05, 0.1) is 13.3 Å². The van der Waals surface area contributed by atoms with Crippen molar-refractivity contribution < 1.29 is 4.74 Å². The molecule has 1 aromatic rings. The van der Waals surface area contributed by atoms with E-state index in [4.69, 9.17) is 16.3 Å². The molecular formula is C10H14ClN3O. The van der Waals surface area contributed by atoms with Gasteiger partial charge in [-0.3, -0.25) is 0 Å². The minimum Gasteiger partial charge on any atom is -0.467 e. The zero-order valence-corrected chi connectivity index (χ0v) is 9.64. The fraction of sp³-hybridized carbons (Fsp3) is 0.600. The van der Waals surface area contributed by atoms with E-state index in [1.54, 1.807) is 6.20 Å². The predicted molar refractivity (Wildman–Crippen MR) is 59.4 cm³/mol. The van der Waals surface area contributed by atoms with Crippen LogP contribution >= 0.6 is 11.6 Å². The summed E-state index contributed by atoms with van der Waals surface area (Å²) < 4.78 is 4.94. The van der Waals surface area contributed by atoms with Gasteiger partial charge in [-0.05, 0) is 18.3 Å². The summed E-state index contributed by atoms with van der Waals surface area (Å²) in [6, 6.07) is 0.336. The minimum atomic E-state index is 0.336. The van der Waals surface area contributed by atoms with Crippen LogP contribution in [0.4, 0.5) is 5.82 Å². The molecule has 0 unspecified atom stereocenters. The van der Waals surface area contributed by atoms with E-state index < -0.39 is 0 Å². The summed E-state index contributed by atoms with van der Waals surface area (Å²) in [5.41, 5.74) is 0.418. The van der Waals surface area contributed by atoms with E-state index in [1.165, 1.54) is 20.0 Å². The molecular weight excluding hydrogens is 214 g/mol. The van der Waals surface area contributed by atoms with Crippen molar-refractivity contribution >= 4 is 17.4 Å². The normalized spacial score (nSPS) is 17.3. The molecule has 4 nitrogen and oxygen atoms in total. The SMILES string of the molecule is COc1ncc(Cl)c(NCC2(C)CC2)n1. The highest BCUT2D eigenvalue weighted by Gasteiger charge is 2.37. The van der Waals surface area contributed by atoms with Crippen molar-refractivity contribution in [2.24, 2.45) is 5.41 Å². The number of halogens is 1. The van der Waals surface area contributed by atoms with Crippen LogP contribution in [0.3, 0.4) is 0 Å². The van der Waals surface area contributed by atoms with Crippen LogP contribution in [-0.4, -0.2) is 23.6 Å². The zero-order chi connectivity index (χ0) is 10.9. The molecule has 1 aromatic heterocycles. The number of rotatable bonds is 4. The molecule has 0 saturated heterocycles. The quantitative estimate of drug-likeness (QED) is 0.858. The lowest BCUT2D eigenvalue weighted by molar-refractivity contribution is 0.380. The Morgan fingerprint density at radius 2 is 2.33 bits per heavy atom. The summed E-state index contributed by atoms with van der Waals surface area (Å²) in [4.78, 5) is 8.06. The summed E-state index contributed by atoms with van der Waals surface area (Å²) in [6.45, 7) is 3.14. The number of anilines is 1. The van der Waals surface area contributed by atoms with Crippen molar-refractivity contribution in [2.45, 2.75) is 19.8 Å². The topological polar surface area (TPSA) is 47.0 Å². The molecule has 0 atom stereocenters. The average Bonchev–Trinajstić information content (AvgIpc) is 2.96. The van der Waals surface area contributed by atoms with E-state index in [-0.39, 0.29) is 0 Å². The Kier molecular flexibility index (Phi) is 2.69. The van der Waals surface area contributed by atoms with Gasteiger partial charge >= 0.3 is 6.01 Å². The third-order valence-corrected chi connectivity index (χ3v) is 2.97. The fourth-order valence-electron chi connectivity index (χ4n) is 1.26. The molecule has 1 N–H and O–H groups in total. The number of hydrogen-bond donors (Lipinski definition) is 1. The molecule has 1 aliphatic rings. The number of aromatic nitrogens is 2. The van der Waals surface area contributed by atoms with Gasteiger partial charge in [0, 0.05) is 6.54 Å². The van der Waals surface area contributed by atoms with Gasteiger partial charge in [0.25, 0.3) is 0 Å². The Balaban J connectivity index is 2.05. The number of hydrogen-bond acceptors (Lipinski definition) is 4. The molecule has 5 heteroatoms. The van der Waals surface area contributed by atoms with E-state index in [9.17, 15) is 0 Å². The second kappa shape index (κ2) is 3.85. The van der Waals surface area contributed by atoms with Crippen molar-refractivity contribution in [2.75, 3.05) is 19.0 Å². The van der Waals surface area contributed by atoms with Crippen LogP contribution in [0.2, 0.25) is 5.02 Å². The van der Waals surface area contributed by atoms with E-state index in [1.807, 2.05) is 0 Å². The lowest BCUT2D eigenvalue weighted by Gasteiger charge is -2.11. The van der Waals surface area contributed by atoms with Crippen LogP contribution in [-0.2, 0) is 0 Å². The smallest absolute Gasteiger partial charge is 0.318 e. The monoisotopic (exact) mass is 227 g/mol. The molecule has 0 amide bonds. The number of methoxy groups -OCH3 is 1. The summed E-state index contributed by atoms with van der Waals surface area (Å²) in [7, 11) is 1.54. The second-order valence-corrected chi connectivity index (χ2v) is 4.62. The molecule has 1 saturated carbocycles. The van der Waals surface area contributed by atoms with Crippen molar-refractivity contribution in [1.29, 1.82) is 0 Å². The summed E-state index contributed by atoms with van der Waals surface area (Å²) >= 11 is 5.96. The molecule has 2 rings (SSSR count).